The molecule has 0 spiro atoms. The van der Waals surface area contributed by atoms with Crippen LogP contribution in [0.4, 0.5) is 8.78 Å². The Morgan fingerprint density at radius 3 is 2.58 bits per heavy atom. The Morgan fingerprint density at radius 2 is 2.05 bits per heavy atom. The molecular formula is C13H17F2NO2S. The summed E-state index contributed by atoms with van der Waals surface area (Å²) in [5.74, 6) is -3.03. The van der Waals surface area contributed by atoms with E-state index >= 15 is 0 Å². The number of carbonyl (C=O) groups excluding carboxylic acids is 1. The monoisotopic (exact) mass is 289 g/mol. The van der Waals surface area contributed by atoms with Gasteiger partial charge in [-0.05, 0) is 29.9 Å². The third-order valence-electron chi connectivity index (χ3n) is 3.94. The maximum absolute atomic E-state index is 13.3. The van der Waals surface area contributed by atoms with Crippen molar-refractivity contribution in [2.45, 2.75) is 37.0 Å². The molecule has 0 bridgehead atoms. The van der Waals surface area contributed by atoms with Gasteiger partial charge in [-0.15, -0.1) is 11.3 Å². The fraction of sp³-hybridized carbons (Fsp3) is 0.615. The molecule has 1 fully saturated rings. The fourth-order valence-electron chi connectivity index (χ4n) is 2.66. The number of rotatable bonds is 3. The molecule has 19 heavy (non-hydrogen) atoms. The Morgan fingerprint density at radius 1 is 1.42 bits per heavy atom. The standard InChI is InChI=1S/C13H17F2NO2S/c1-18-11(17)10-9(2-7-19-10)12(8-16)3-5-13(14,15)6-4-12/h2,7H,3-6,8,16H2,1H3. The highest BCUT2D eigenvalue weighted by atomic mass is 32.1. The molecule has 3 nitrogen and oxygen atoms in total. The van der Waals surface area contributed by atoms with Crippen molar-refractivity contribution in [2.75, 3.05) is 13.7 Å². The molecule has 1 saturated carbocycles. The largest absolute Gasteiger partial charge is 0.465 e. The number of alkyl halides is 2. The van der Waals surface area contributed by atoms with Gasteiger partial charge in [0.25, 0.3) is 0 Å². The molecule has 0 radical (unpaired) electrons. The van der Waals surface area contributed by atoms with Gasteiger partial charge in [0.1, 0.15) is 4.88 Å². The second kappa shape index (κ2) is 5.17. The van der Waals surface area contributed by atoms with Crippen LogP contribution < -0.4 is 5.73 Å². The number of halogens is 2. The van der Waals surface area contributed by atoms with Gasteiger partial charge in [-0.2, -0.15) is 0 Å². The molecule has 2 rings (SSSR count). The first-order chi connectivity index (χ1) is 8.94. The van der Waals surface area contributed by atoms with E-state index in [9.17, 15) is 13.6 Å². The number of thiophene rings is 1. The summed E-state index contributed by atoms with van der Waals surface area (Å²) < 4.78 is 31.4. The van der Waals surface area contributed by atoms with Crippen molar-refractivity contribution in [3.8, 4) is 0 Å². The first-order valence-electron chi connectivity index (χ1n) is 6.18. The fourth-order valence-corrected chi connectivity index (χ4v) is 3.59. The lowest BCUT2D eigenvalue weighted by Gasteiger charge is -2.39. The zero-order chi connectivity index (χ0) is 14.1. The van der Waals surface area contributed by atoms with E-state index in [1.807, 2.05) is 6.07 Å². The third-order valence-corrected chi connectivity index (χ3v) is 4.83. The van der Waals surface area contributed by atoms with Crippen LogP contribution >= 0.6 is 11.3 Å². The number of nitrogens with two attached hydrogens (primary N) is 1. The lowest BCUT2D eigenvalue weighted by molar-refractivity contribution is -0.0509. The van der Waals surface area contributed by atoms with Crippen molar-refractivity contribution >= 4 is 17.3 Å². The molecule has 6 heteroatoms. The molecule has 0 aromatic carbocycles. The van der Waals surface area contributed by atoms with Gasteiger partial charge in [0, 0.05) is 24.8 Å². The van der Waals surface area contributed by atoms with Crippen LogP contribution in [0.5, 0.6) is 0 Å². The summed E-state index contributed by atoms with van der Waals surface area (Å²) in [4.78, 5) is 12.2. The molecule has 2 N–H and O–H groups in total. The minimum atomic E-state index is -2.61. The number of hydrogen-bond donors (Lipinski definition) is 1. The normalized spacial score (nSPS) is 21.1. The van der Waals surface area contributed by atoms with Crippen LogP contribution in [0.2, 0.25) is 0 Å². The van der Waals surface area contributed by atoms with E-state index in [1.54, 1.807) is 5.38 Å². The highest BCUT2D eigenvalue weighted by molar-refractivity contribution is 7.12. The summed E-state index contributed by atoms with van der Waals surface area (Å²) in [7, 11) is 1.32. The first kappa shape index (κ1) is 14.4. The van der Waals surface area contributed by atoms with E-state index in [1.165, 1.54) is 18.4 Å². The molecule has 1 aromatic rings. The van der Waals surface area contributed by atoms with Crippen molar-refractivity contribution in [3.05, 3.63) is 21.9 Å². The quantitative estimate of drug-likeness (QED) is 0.870. The van der Waals surface area contributed by atoms with Crippen LogP contribution in [0.15, 0.2) is 11.4 Å². The smallest absolute Gasteiger partial charge is 0.348 e. The van der Waals surface area contributed by atoms with Gasteiger partial charge in [-0.1, -0.05) is 0 Å². The molecule has 1 heterocycles. The number of carbonyl (C=O) groups is 1. The lowest BCUT2D eigenvalue weighted by Crippen LogP contribution is -2.42. The molecule has 1 aliphatic rings. The van der Waals surface area contributed by atoms with Gasteiger partial charge in [0.2, 0.25) is 5.92 Å². The maximum atomic E-state index is 13.3. The second-order valence-corrected chi connectivity index (χ2v) is 5.91. The van der Waals surface area contributed by atoms with Crippen molar-refractivity contribution in [3.63, 3.8) is 0 Å². The van der Waals surface area contributed by atoms with Crippen LogP contribution in [0.1, 0.15) is 40.9 Å². The molecule has 0 amide bonds. The Bertz CT molecular complexity index is 463. The van der Waals surface area contributed by atoms with Gasteiger partial charge in [0.15, 0.2) is 0 Å². The minimum absolute atomic E-state index is 0.180. The zero-order valence-corrected chi connectivity index (χ0v) is 11.6. The second-order valence-electron chi connectivity index (χ2n) is 5.00. The van der Waals surface area contributed by atoms with Crippen LogP contribution in [-0.2, 0) is 10.2 Å². The molecule has 0 aliphatic heterocycles. The van der Waals surface area contributed by atoms with Gasteiger partial charge < -0.3 is 10.5 Å². The molecular weight excluding hydrogens is 272 g/mol. The molecule has 0 unspecified atom stereocenters. The summed E-state index contributed by atoms with van der Waals surface area (Å²) >= 11 is 1.27. The van der Waals surface area contributed by atoms with E-state index in [2.05, 4.69) is 0 Å². The Labute approximate surface area is 114 Å². The van der Waals surface area contributed by atoms with Crippen LogP contribution in [-0.4, -0.2) is 25.5 Å². The minimum Gasteiger partial charge on any atom is -0.465 e. The Hall–Kier alpha value is -1.01. The molecule has 1 aliphatic carbocycles. The van der Waals surface area contributed by atoms with Crippen molar-refractivity contribution in [2.24, 2.45) is 5.73 Å². The van der Waals surface area contributed by atoms with Crippen molar-refractivity contribution < 1.29 is 18.3 Å². The van der Waals surface area contributed by atoms with E-state index < -0.39 is 17.3 Å². The predicted molar refractivity (Wildman–Crippen MR) is 69.8 cm³/mol. The van der Waals surface area contributed by atoms with Gasteiger partial charge in [-0.25, -0.2) is 13.6 Å². The molecule has 0 atom stereocenters. The summed E-state index contributed by atoms with van der Waals surface area (Å²) in [6.07, 6.45) is 0.246. The molecule has 1 aromatic heterocycles. The van der Waals surface area contributed by atoms with E-state index in [0.29, 0.717) is 17.7 Å². The average molecular weight is 289 g/mol. The predicted octanol–water partition coefficient (Wildman–Crippen LogP) is 2.94. The summed E-state index contributed by atoms with van der Waals surface area (Å²) in [5.41, 5.74) is 6.08. The lowest BCUT2D eigenvalue weighted by atomic mass is 9.68. The number of esters is 1. The zero-order valence-electron chi connectivity index (χ0n) is 10.7. The van der Waals surface area contributed by atoms with Crippen LogP contribution in [0.25, 0.3) is 0 Å². The highest BCUT2D eigenvalue weighted by Crippen LogP contribution is 2.46. The van der Waals surface area contributed by atoms with E-state index in [4.69, 9.17) is 10.5 Å². The number of ether oxygens (including phenoxy) is 1. The molecule has 106 valence electrons. The number of hydrogen-bond acceptors (Lipinski definition) is 4. The first-order valence-corrected chi connectivity index (χ1v) is 7.06. The Balaban J connectivity index is 2.33. The Kier molecular flexibility index (Phi) is 3.92. The number of methoxy groups -OCH3 is 1. The van der Waals surface area contributed by atoms with E-state index in [0.717, 1.165) is 5.56 Å². The van der Waals surface area contributed by atoms with Gasteiger partial charge >= 0.3 is 5.97 Å². The van der Waals surface area contributed by atoms with Crippen LogP contribution in [0.3, 0.4) is 0 Å². The van der Waals surface area contributed by atoms with Gasteiger partial charge in [0.05, 0.1) is 7.11 Å². The maximum Gasteiger partial charge on any atom is 0.348 e. The van der Waals surface area contributed by atoms with Crippen molar-refractivity contribution in [1.82, 2.24) is 0 Å². The summed E-state index contributed by atoms with van der Waals surface area (Å²) in [6, 6.07) is 1.81. The van der Waals surface area contributed by atoms with Crippen molar-refractivity contribution in [1.29, 1.82) is 0 Å². The van der Waals surface area contributed by atoms with Gasteiger partial charge in [-0.3, -0.25) is 0 Å². The highest BCUT2D eigenvalue weighted by Gasteiger charge is 2.45. The van der Waals surface area contributed by atoms with Crippen LogP contribution in [0, 0.1) is 0 Å². The van der Waals surface area contributed by atoms with E-state index in [-0.39, 0.29) is 19.4 Å². The third kappa shape index (κ3) is 2.65. The summed E-state index contributed by atoms with van der Waals surface area (Å²) in [5, 5.41) is 1.78. The average Bonchev–Trinajstić information content (AvgIpc) is 2.88. The summed E-state index contributed by atoms with van der Waals surface area (Å²) in [6.45, 7) is 0.268. The molecule has 0 saturated heterocycles. The SMILES string of the molecule is COC(=O)c1sccc1C1(CN)CCC(F)(F)CC1. The topological polar surface area (TPSA) is 52.3 Å².